The van der Waals surface area contributed by atoms with Crippen molar-refractivity contribution < 1.29 is 9.53 Å². The fourth-order valence-corrected chi connectivity index (χ4v) is 3.36. The second kappa shape index (κ2) is 7.25. The quantitative estimate of drug-likeness (QED) is 0.917. The molecule has 1 amide bonds. The van der Waals surface area contributed by atoms with Gasteiger partial charge in [0.05, 0.1) is 19.1 Å². The molecule has 22 heavy (non-hydrogen) atoms. The maximum atomic E-state index is 12.1. The van der Waals surface area contributed by atoms with Gasteiger partial charge in [-0.15, -0.1) is 0 Å². The Morgan fingerprint density at radius 1 is 1.32 bits per heavy atom. The zero-order chi connectivity index (χ0) is 15.4. The zero-order valence-corrected chi connectivity index (χ0v) is 13.4. The van der Waals surface area contributed by atoms with Crippen LogP contribution in [0.5, 0.6) is 0 Å². The topological polar surface area (TPSA) is 41.6 Å². The number of rotatable bonds is 4. The molecule has 1 aliphatic carbocycles. The van der Waals surface area contributed by atoms with Gasteiger partial charge in [0.1, 0.15) is 0 Å². The summed E-state index contributed by atoms with van der Waals surface area (Å²) in [6.45, 7) is 3.22. The lowest BCUT2D eigenvalue weighted by atomic mass is 9.90. The molecular weight excluding hydrogens is 276 g/mol. The smallest absolute Gasteiger partial charge is 0.224 e. The highest BCUT2D eigenvalue weighted by molar-refractivity contribution is 5.78. The van der Waals surface area contributed by atoms with Crippen LogP contribution in [0, 0.1) is 0 Å². The van der Waals surface area contributed by atoms with Crippen LogP contribution in [0.15, 0.2) is 18.2 Å². The summed E-state index contributed by atoms with van der Waals surface area (Å²) in [6, 6.07) is 6.53. The number of nitrogens with zero attached hydrogens (tertiary/aromatic N) is 1. The Morgan fingerprint density at radius 3 is 2.95 bits per heavy atom. The first-order chi connectivity index (χ1) is 10.7. The molecule has 0 saturated carbocycles. The van der Waals surface area contributed by atoms with Gasteiger partial charge in [-0.25, -0.2) is 0 Å². The Labute approximate surface area is 132 Å². The monoisotopic (exact) mass is 302 g/mol. The van der Waals surface area contributed by atoms with Gasteiger partial charge in [-0.2, -0.15) is 0 Å². The standard InChI is InChI=1S/C18H26N2O2/c1-20-8-9-22-17(13-20)12-19-18(21)11-14-6-7-15-4-2-3-5-16(15)10-14/h6-7,10,17H,2-5,8-9,11-13H2,1H3,(H,19,21). The third kappa shape index (κ3) is 4.08. The Bertz CT molecular complexity index is 530. The van der Waals surface area contributed by atoms with E-state index in [2.05, 4.69) is 35.5 Å². The van der Waals surface area contributed by atoms with Crippen LogP contribution < -0.4 is 5.32 Å². The first-order valence-corrected chi connectivity index (χ1v) is 8.38. The van der Waals surface area contributed by atoms with E-state index in [-0.39, 0.29) is 12.0 Å². The number of ether oxygens (including phenoxy) is 1. The van der Waals surface area contributed by atoms with E-state index in [1.165, 1.54) is 30.4 Å². The van der Waals surface area contributed by atoms with Crippen molar-refractivity contribution in [3.63, 3.8) is 0 Å². The summed E-state index contributed by atoms with van der Waals surface area (Å²) in [5.74, 6) is 0.0904. The number of carbonyl (C=O) groups excluding carboxylic acids is 1. The SMILES string of the molecule is CN1CCOC(CNC(=O)Cc2ccc3c(c2)CCCC3)C1. The predicted molar refractivity (Wildman–Crippen MR) is 87.0 cm³/mol. The van der Waals surface area contributed by atoms with Gasteiger partial charge in [-0.05, 0) is 49.4 Å². The highest BCUT2D eigenvalue weighted by atomic mass is 16.5. The fourth-order valence-electron chi connectivity index (χ4n) is 3.36. The lowest BCUT2D eigenvalue weighted by Gasteiger charge is -2.30. The number of carbonyl (C=O) groups is 1. The first-order valence-electron chi connectivity index (χ1n) is 8.38. The minimum Gasteiger partial charge on any atom is -0.374 e. The zero-order valence-electron chi connectivity index (χ0n) is 13.4. The first kappa shape index (κ1) is 15.5. The highest BCUT2D eigenvalue weighted by Crippen LogP contribution is 2.22. The summed E-state index contributed by atoms with van der Waals surface area (Å²) in [7, 11) is 2.09. The number of hydrogen-bond donors (Lipinski definition) is 1. The summed E-state index contributed by atoms with van der Waals surface area (Å²) in [4.78, 5) is 14.4. The third-order valence-electron chi connectivity index (χ3n) is 4.65. The average molecular weight is 302 g/mol. The largest absolute Gasteiger partial charge is 0.374 e. The van der Waals surface area contributed by atoms with E-state index in [1.54, 1.807) is 0 Å². The van der Waals surface area contributed by atoms with Crippen molar-refractivity contribution in [1.29, 1.82) is 0 Å². The van der Waals surface area contributed by atoms with Crippen molar-refractivity contribution in [2.75, 3.05) is 33.3 Å². The van der Waals surface area contributed by atoms with Gasteiger partial charge in [0.15, 0.2) is 0 Å². The molecule has 4 heteroatoms. The van der Waals surface area contributed by atoms with Gasteiger partial charge < -0.3 is 15.0 Å². The molecule has 1 aromatic carbocycles. The molecule has 1 N–H and O–H groups in total. The summed E-state index contributed by atoms with van der Waals surface area (Å²) in [6.07, 6.45) is 5.50. The van der Waals surface area contributed by atoms with E-state index in [9.17, 15) is 4.79 Å². The molecule has 1 aliphatic heterocycles. The molecule has 3 rings (SSSR count). The third-order valence-corrected chi connectivity index (χ3v) is 4.65. The molecule has 0 bridgehead atoms. The summed E-state index contributed by atoms with van der Waals surface area (Å²) < 4.78 is 5.67. The van der Waals surface area contributed by atoms with Gasteiger partial charge in [-0.3, -0.25) is 4.79 Å². The molecule has 1 fully saturated rings. The molecule has 1 unspecified atom stereocenters. The van der Waals surface area contributed by atoms with Crippen LogP contribution in [-0.4, -0.2) is 50.2 Å². The van der Waals surface area contributed by atoms with Crippen LogP contribution in [0.1, 0.15) is 29.5 Å². The maximum absolute atomic E-state index is 12.1. The number of nitrogens with one attached hydrogen (secondary N) is 1. The van der Waals surface area contributed by atoms with Crippen molar-refractivity contribution in [2.24, 2.45) is 0 Å². The molecule has 1 atom stereocenters. The van der Waals surface area contributed by atoms with Crippen LogP contribution in [0.25, 0.3) is 0 Å². The normalized spacial score (nSPS) is 22.1. The van der Waals surface area contributed by atoms with E-state index < -0.39 is 0 Å². The Morgan fingerprint density at radius 2 is 2.14 bits per heavy atom. The molecule has 0 spiro atoms. The Hall–Kier alpha value is -1.39. The summed E-state index contributed by atoms with van der Waals surface area (Å²) in [5.41, 5.74) is 4.03. The predicted octanol–water partition coefficient (Wildman–Crippen LogP) is 1.55. The Balaban J connectivity index is 1.49. The minimum atomic E-state index is 0.0904. The summed E-state index contributed by atoms with van der Waals surface area (Å²) >= 11 is 0. The molecule has 2 aliphatic rings. The van der Waals surface area contributed by atoms with Gasteiger partial charge in [0.2, 0.25) is 5.91 Å². The molecule has 1 aromatic rings. The second-order valence-corrected chi connectivity index (χ2v) is 6.55. The number of aryl methyl sites for hydroxylation is 2. The van der Waals surface area contributed by atoms with Crippen molar-refractivity contribution >= 4 is 5.91 Å². The van der Waals surface area contributed by atoms with E-state index in [0.717, 1.165) is 31.7 Å². The summed E-state index contributed by atoms with van der Waals surface area (Å²) in [5, 5.41) is 3.01. The van der Waals surface area contributed by atoms with Crippen LogP contribution in [0.3, 0.4) is 0 Å². The van der Waals surface area contributed by atoms with Crippen LogP contribution >= 0.6 is 0 Å². The van der Waals surface area contributed by atoms with E-state index >= 15 is 0 Å². The molecule has 1 heterocycles. The van der Waals surface area contributed by atoms with Crippen LogP contribution in [0.2, 0.25) is 0 Å². The number of likely N-dealkylation sites (N-methyl/N-ethyl adjacent to an activating group) is 1. The van der Waals surface area contributed by atoms with Crippen molar-refractivity contribution in [3.05, 3.63) is 34.9 Å². The molecular formula is C18H26N2O2. The van der Waals surface area contributed by atoms with Crippen LogP contribution in [0.4, 0.5) is 0 Å². The second-order valence-electron chi connectivity index (χ2n) is 6.55. The van der Waals surface area contributed by atoms with Gasteiger partial charge in [-0.1, -0.05) is 18.2 Å². The van der Waals surface area contributed by atoms with Gasteiger partial charge in [0, 0.05) is 19.6 Å². The number of benzene rings is 1. The molecule has 1 saturated heterocycles. The number of fused-ring (bicyclic) bond motifs is 1. The highest BCUT2D eigenvalue weighted by Gasteiger charge is 2.18. The van der Waals surface area contributed by atoms with E-state index in [0.29, 0.717) is 13.0 Å². The van der Waals surface area contributed by atoms with Crippen molar-refractivity contribution in [2.45, 2.75) is 38.2 Å². The maximum Gasteiger partial charge on any atom is 0.224 e. The lowest BCUT2D eigenvalue weighted by molar-refractivity contribution is -0.121. The average Bonchev–Trinajstić information content (AvgIpc) is 2.53. The van der Waals surface area contributed by atoms with Crippen molar-refractivity contribution in [3.8, 4) is 0 Å². The molecule has 0 radical (unpaired) electrons. The van der Waals surface area contributed by atoms with Gasteiger partial charge in [0.25, 0.3) is 0 Å². The van der Waals surface area contributed by atoms with E-state index in [1.807, 2.05) is 0 Å². The lowest BCUT2D eigenvalue weighted by Crippen LogP contribution is -2.46. The molecule has 120 valence electrons. The van der Waals surface area contributed by atoms with Crippen LogP contribution in [-0.2, 0) is 28.8 Å². The number of hydrogen-bond acceptors (Lipinski definition) is 3. The van der Waals surface area contributed by atoms with Crippen molar-refractivity contribution in [1.82, 2.24) is 10.2 Å². The van der Waals surface area contributed by atoms with E-state index in [4.69, 9.17) is 4.74 Å². The fraction of sp³-hybridized carbons (Fsp3) is 0.611. The Kier molecular flexibility index (Phi) is 5.11. The molecule has 4 nitrogen and oxygen atoms in total. The van der Waals surface area contributed by atoms with Gasteiger partial charge >= 0.3 is 0 Å². The molecule has 0 aromatic heterocycles. The number of morpholine rings is 1. The minimum absolute atomic E-state index is 0.0904. The number of amides is 1.